The van der Waals surface area contributed by atoms with E-state index in [2.05, 4.69) is 11.4 Å². The van der Waals surface area contributed by atoms with Crippen molar-refractivity contribution in [2.24, 2.45) is 0 Å². The fraction of sp³-hybridized carbons (Fsp3) is 0.107. The van der Waals surface area contributed by atoms with Gasteiger partial charge in [-0.3, -0.25) is 4.79 Å². The largest absolute Gasteiger partial charge is 0.309 e. The van der Waals surface area contributed by atoms with Crippen molar-refractivity contribution in [1.82, 2.24) is 9.97 Å². The first kappa shape index (κ1) is 21.6. The fourth-order valence-corrected chi connectivity index (χ4v) is 4.05. The van der Waals surface area contributed by atoms with Gasteiger partial charge in [0, 0.05) is 5.56 Å². The molecule has 4 aromatic rings. The maximum atomic E-state index is 13.6. The highest BCUT2D eigenvalue weighted by atomic mass is 19.2. The summed E-state index contributed by atoms with van der Waals surface area (Å²) in [4.78, 5) is 22.4. The van der Waals surface area contributed by atoms with Crippen LogP contribution in [0.1, 0.15) is 28.1 Å². The van der Waals surface area contributed by atoms with Gasteiger partial charge >= 0.3 is 0 Å². The van der Waals surface area contributed by atoms with Crippen LogP contribution >= 0.6 is 0 Å². The van der Waals surface area contributed by atoms with Crippen molar-refractivity contribution in [2.75, 3.05) is 5.32 Å². The van der Waals surface area contributed by atoms with Gasteiger partial charge < -0.3 is 5.32 Å². The second-order valence-electron chi connectivity index (χ2n) is 8.13. The Labute approximate surface area is 196 Å². The Bertz CT molecular complexity index is 1400. The normalized spacial score (nSPS) is 12.3. The number of carbonyl (C=O) groups is 1. The quantitative estimate of drug-likeness (QED) is 0.411. The third-order valence-electron chi connectivity index (χ3n) is 5.74. The van der Waals surface area contributed by atoms with Crippen molar-refractivity contribution < 1.29 is 13.6 Å². The molecule has 5 rings (SSSR count). The Morgan fingerprint density at radius 1 is 0.882 bits per heavy atom. The Kier molecular flexibility index (Phi) is 5.95. The highest BCUT2D eigenvalue weighted by Crippen LogP contribution is 2.33. The minimum atomic E-state index is -0.982. The summed E-state index contributed by atoms with van der Waals surface area (Å²) in [6.45, 7) is 0. The van der Waals surface area contributed by atoms with E-state index in [1.807, 2.05) is 60.7 Å². The number of nitrogens with zero attached hydrogens (tertiary/aromatic N) is 2. The van der Waals surface area contributed by atoms with Crippen LogP contribution in [0.3, 0.4) is 0 Å². The molecule has 1 aromatic heterocycles. The van der Waals surface area contributed by atoms with E-state index in [0.717, 1.165) is 41.1 Å². The van der Waals surface area contributed by atoms with E-state index < -0.39 is 11.6 Å². The number of halogens is 2. The van der Waals surface area contributed by atoms with Gasteiger partial charge in [-0.25, -0.2) is 18.7 Å². The summed E-state index contributed by atoms with van der Waals surface area (Å²) in [5.41, 5.74) is 5.78. The third-order valence-corrected chi connectivity index (χ3v) is 5.74. The summed E-state index contributed by atoms with van der Waals surface area (Å²) in [5, 5.41) is 2.82. The maximum Gasteiger partial charge on any atom is 0.230 e. The molecule has 1 N–H and O–H groups in total. The van der Waals surface area contributed by atoms with Gasteiger partial charge in [-0.05, 0) is 47.7 Å². The highest BCUT2D eigenvalue weighted by molar-refractivity contribution is 5.93. The first-order valence-electron chi connectivity index (χ1n) is 11.0. The fourth-order valence-electron chi connectivity index (χ4n) is 4.05. The van der Waals surface area contributed by atoms with E-state index in [4.69, 9.17) is 9.97 Å². The second kappa shape index (κ2) is 9.35. The molecule has 0 unspecified atom stereocenters. The van der Waals surface area contributed by atoms with Crippen LogP contribution in [0.5, 0.6) is 0 Å². The van der Waals surface area contributed by atoms with Crippen LogP contribution in [0.2, 0.25) is 0 Å². The molecule has 1 heterocycles. The van der Waals surface area contributed by atoms with Gasteiger partial charge in [0.1, 0.15) is 5.69 Å². The predicted molar refractivity (Wildman–Crippen MR) is 129 cm³/mol. The summed E-state index contributed by atoms with van der Waals surface area (Å²) in [6, 6.07) is 21.3. The molecule has 34 heavy (non-hydrogen) atoms. The van der Waals surface area contributed by atoms with Gasteiger partial charge in [-0.2, -0.15) is 0 Å². The number of benzene rings is 3. The van der Waals surface area contributed by atoms with E-state index >= 15 is 0 Å². The Morgan fingerprint density at radius 2 is 1.68 bits per heavy atom. The standard InChI is InChI=1S/C28H21F2N3O/c29-22-13-10-19(16-23(22)30)17-26(34)33-28-25(14-11-18-6-2-1-3-7-18)31-27-21-9-5-4-8-20(21)12-15-24(27)32-28/h1-11,13-14,16H,12,15,17H2,(H,32,33,34). The SMILES string of the molecule is O=C(Cc1ccc(F)c(F)c1)Nc1nc2c(nc1C=Cc1ccccc1)-c1ccccc1CC2. The van der Waals surface area contributed by atoms with Gasteiger partial charge in [-0.15, -0.1) is 0 Å². The molecular weight excluding hydrogens is 432 g/mol. The topological polar surface area (TPSA) is 54.9 Å². The zero-order chi connectivity index (χ0) is 23.5. The van der Waals surface area contributed by atoms with Gasteiger partial charge in [-0.1, -0.05) is 66.7 Å². The van der Waals surface area contributed by atoms with E-state index in [1.54, 1.807) is 0 Å². The van der Waals surface area contributed by atoms with Crippen LogP contribution in [0.15, 0.2) is 72.8 Å². The molecule has 0 spiro atoms. The number of carbonyl (C=O) groups excluding carboxylic acids is 1. The molecule has 0 bridgehead atoms. The van der Waals surface area contributed by atoms with Crippen LogP contribution in [0.25, 0.3) is 23.4 Å². The van der Waals surface area contributed by atoms with Crippen LogP contribution in [0, 0.1) is 11.6 Å². The summed E-state index contributed by atoms with van der Waals surface area (Å²) in [6.07, 6.45) is 5.19. The number of hydrogen-bond donors (Lipinski definition) is 1. The number of anilines is 1. The summed E-state index contributed by atoms with van der Waals surface area (Å²) in [7, 11) is 0. The predicted octanol–water partition coefficient (Wildman–Crippen LogP) is 5.87. The summed E-state index contributed by atoms with van der Waals surface area (Å²) >= 11 is 0. The molecule has 1 amide bonds. The van der Waals surface area contributed by atoms with Crippen LogP contribution in [-0.4, -0.2) is 15.9 Å². The number of aromatic nitrogens is 2. The van der Waals surface area contributed by atoms with E-state index in [0.29, 0.717) is 23.5 Å². The molecule has 168 valence electrons. The van der Waals surface area contributed by atoms with Gasteiger partial charge in [0.25, 0.3) is 0 Å². The van der Waals surface area contributed by atoms with Gasteiger partial charge in [0.15, 0.2) is 17.5 Å². The van der Waals surface area contributed by atoms with Crippen LogP contribution in [-0.2, 0) is 24.1 Å². The lowest BCUT2D eigenvalue weighted by molar-refractivity contribution is -0.115. The molecule has 0 fully saturated rings. The zero-order valence-corrected chi connectivity index (χ0v) is 18.3. The minimum absolute atomic E-state index is 0.110. The molecule has 1 aliphatic carbocycles. The van der Waals surface area contributed by atoms with Crippen LogP contribution < -0.4 is 5.32 Å². The third kappa shape index (κ3) is 4.62. The van der Waals surface area contributed by atoms with Gasteiger partial charge in [0.2, 0.25) is 5.91 Å². The van der Waals surface area contributed by atoms with Crippen molar-refractivity contribution in [1.29, 1.82) is 0 Å². The summed E-state index contributed by atoms with van der Waals surface area (Å²) in [5.74, 6) is -1.97. The lowest BCUT2D eigenvalue weighted by Crippen LogP contribution is -2.19. The Hall–Kier alpha value is -4.19. The monoisotopic (exact) mass is 453 g/mol. The zero-order valence-electron chi connectivity index (χ0n) is 18.3. The van der Waals surface area contributed by atoms with Crippen molar-refractivity contribution >= 4 is 23.9 Å². The molecule has 0 radical (unpaired) electrons. The first-order chi connectivity index (χ1) is 16.6. The highest BCUT2D eigenvalue weighted by Gasteiger charge is 2.21. The molecule has 4 nitrogen and oxygen atoms in total. The minimum Gasteiger partial charge on any atom is -0.309 e. The molecule has 1 aliphatic rings. The molecule has 3 aromatic carbocycles. The maximum absolute atomic E-state index is 13.6. The van der Waals surface area contributed by atoms with E-state index in [1.165, 1.54) is 11.6 Å². The Morgan fingerprint density at radius 3 is 2.50 bits per heavy atom. The molecule has 0 saturated carbocycles. The molecule has 0 atom stereocenters. The molecule has 6 heteroatoms. The second-order valence-corrected chi connectivity index (χ2v) is 8.13. The number of nitrogens with one attached hydrogen (secondary N) is 1. The number of aryl methyl sites for hydroxylation is 2. The molecular formula is C28H21F2N3O. The van der Waals surface area contributed by atoms with Gasteiger partial charge in [0.05, 0.1) is 17.8 Å². The molecule has 0 aliphatic heterocycles. The van der Waals surface area contributed by atoms with E-state index in [9.17, 15) is 13.6 Å². The number of fused-ring (bicyclic) bond motifs is 3. The van der Waals surface area contributed by atoms with Crippen molar-refractivity contribution in [3.05, 3.63) is 113 Å². The Balaban J connectivity index is 1.49. The first-order valence-corrected chi connectivity index (χ1v) is 11.0. The number of hydrogen-bond acceptors (Lipinski definition) is 3. The van der Waals surface area contributed by atoms with Crippen molar-refractivity contribution in [3.8, 4) is 11.3 Å². The van der Waals surface area contributed by atoms with Crippen molar-refractivity contribution in [2.45, 2.75) is 19.3 Å². The van der Waals surface area contributed by atoms with Crippen molar-refractivity contribution in [3.63, 3.8) is 0 Å². The van der Waals surface area contributed by atoms with Crippen LogP contribution in [0.4, 0.5) is 14.6 Å². The van der Waals surface area contributed by atoms with E-state index in [-0.39, 0.29) is 12.3 Å². The average molecular weight is 453 g/mol. The smallest absolute Gasteiger partial charge is 0.230 e. The number of amides is 1. The lowest BCUT2D eigenvalue weighted by Gasteiger charge is -2.20. The average Bonchev–Trinajstić information content (AvgIpc) is 2.85. The lowest BCUT2D eigenvalue weighted by atomic mass is 9.92. The number of rotatable bonds is 5. The molecule has 0 saturated heterocycles. The summed E-state index contributed by atoms with van der Waals surface area (Å²) < 4.78 is 26.8.